The van der Waals surface area contributed by atoms with Crippen LogP contribution < -0.4 is 5.32 Å². The van der Waals surface area contributed by atoms with Crippen LogP contribution in [-0.4, -0.2) is 5.91 Å². The molecule has 20 heavy (non-hydrogen) atoms. The highest BCUT2D eigenvalue weighted by Gasteiger charge is 2.06. The van der Waals surface area contributed by atoms with Gasteiger partial charge in [-0.05, 0) is 59.3 Å². The van der Waals surface area contributed by atoms with E-state index in [1.54, 1.807) is 35.6 Å². The molecule has 3 rings (SSSR count). The Kier molecular flexibility index (Phi) is 3.20. The van der Waals surface area contributed by atoms with E-state index in [0.717, 1.165) is 11.1 Å². The van der Waals surface area contributed by atoms with Crippen LogP contribution in [0.5, 0.6) is 0 Å². The highest BCUT2D eigenvalue weighted by molar-refractivity contribution is 7.17. The van der Waals surface area contributed by atoms with Crippen LogP contribution in [-0.2, 0) is 0 Å². The van der Waals surface area contributed by atoms with Gasteiger partial charge in [-0.25, -0.2) is 0 Å². The van der Waals surface area contributed by atoms with Crippen molar-refractivity contribution >= 4 is 33.0 Å². The number of benzene rings is 2. The fraction of sp³-hybridized carbons (Fsp3) is 0. The summed E-state index contributed by atoms with van der Waals surface area (Å²) in [5, 5.41) is 14.7. The van der Waals surface area contributed by atoms with E-state index in [-0.39, 0.29) is 5.91 Å². The molecule has 0 saturated heterocycles. The van der Waals surface area contributed by atoms with Crippen LogP contribution >= 0.6 is 11.3 Å². The fourth-order valence-electron chi connectivity index (χ4n) is 1.94. The molecule has 0 atom stereocenters. The first-order valence-electron chi connectivity index (χ1n) is 6.05. The summed E-state index contributed by atoms with van der Waals surface area (Å²) in [6, 6.07) is 16.5. The maximum Gasteiger partial charge on any atom is 0.255 e. The van der Waals surface area contributed by atoms with Gasteiger partial charge in [-0.2, -0.15) is 5.26 Å². The summed E-state index contributed by atoms with van der Waals surface area (Å²) in [7, 11) is 0. The molecule has 96 valence electrons. The standard InChI is InChI=1S/C16H10N2OS/c17-10-11-1-3-12(4-2-11)16(19)18-14-5-6-15-13(9-14)7-8-20-15/h1-9H,(H,18,19). The predicted octanol–water partition coefficient (Wildman–Crippen LogP) is 4.03. The van der Waals surface area contributed by atoms with E-state index in [0.29, 0.717) is 11.1 Å². The molecule has 1 aromatic heterocycles. The molecule has 3 aromatic rings. The van der Waals surface area contributed by atoms with Crippen LogP contribution in [0, 0.1) is 11.3 Å². The molecule has 3 nitrogen and oxygen atoms in total. The van der Waals surface area contributed by atoms with E-state index in [2.05, 4.69) is 5.32 Å². The summed E-state index contributed by atoms with van der Waals surface area (Å²) in [6.45, 7) is 0. The monoisotopic (exact) mass is 278 g/mol. The van der Waals surface area contributed by atoms with Crippen molar-refractivity contribution in [2.24, 2.45) is 0 Å². The van der Waals surface area contributed by atoms with Gasteiger partial charge in [-0.3, -0.25) is 4.79 Å². The van der Waals surface area contributed by atoms with Crippen molar-refractivity contribution in [3.05, 3.63) is 65.0 Å². The number of nitriles is 1. The minimum Gasteiger partial charge on any atom is -0.322 e. The Morgan fingerprint density at radius 3 is 2.65 bits per heavy atom. The second kappa shape index (κ2) is 5.16. The molecule has 0 fully saturated rings. The van der Waals surface area contributed by atoms with Crippen LogP contribution in [0.1, 0.15) is 15.9 Å². The zero-order valence-electron chi connectivity index (χ0n) is 10.5. The number of rotatable bonds is 2. The summed E-state index contributed by atoms with van der Waals surface area (Å²) < 4.78 is 1.20. The molecule has 0 spiro atoms. The number of thiophene rings is 1. The molecule has 4 heteroatoms. The first kappa shape index (κ1) is 12.4. The third kappa shape index (κ3) is 2.40. The molecule has 0 saturated carbocycles. The van der Waals surface area contributed by atoms with Crippen molar-refractivity contribution in [1.29, 1.82) is 5.26 Å². The molecule has 0 aliphatic carbocycles. The van der Waals surface area contributed by atoms with E-state index < -0.39 is 0 Å². The fourth-order valence-corrected chi connectivity index (χ4v) is 2.71. The number of nitrogens with zero attached hydrogens (tertiary/aromatic N) is 1. The molecule has 0 bridgehead atoms. The van der Waals surface area contributed by atoms with Crippen molar-refractivity contribution in [3.8, 4) is 6.07 Å². The van der Waals surface area contributed by atoms with Crippen molar-refractivity contribution < 1.29 is 4.79 Å². The average Bonchev–Trinajstić information content (AvgIpc) is 2.95. The van der Waals surface area contributed by atoms with E-state index in [1.807, 2.05) is 35.7 Å². The van der Waals surface area contributed by atoms with Crippen LogP contribution in [0.3, 0.4) is 0 Å². The number of amides is 1. The maximum absolute atomic E-state index is 12.1. The molecule has 2 aromatic carbocycles. The first-order chi connectivity index (χ1) is 9.76. The summed E-state index contributed by atoms with van der Waals surface area (Å²) in [5.74, 6) is -0.177. The average molecular weight is 278 g/mol. The van der Waals surface area contributed by atoms with Gasteiger partial charge < -0.3 is 5.32 Å². The second-order valence-electron chi connectivity index (χ2n) is 4.32. The SMILES string of the molecule is N#Cc1ccc(C(=O)Nc2ccc3sccc3c2)cc1. The van der Waals surface area contributed by atoms with Gasteiger partial charge in [0.2, 0.25) is 0 Å². The minimum atomic E-state index is -0.177. The Labute approximate surface area is 120 Å². The molecule has 1 N–H and O–H groups in total. The number of carbonyl (C=O) groups excluding carboxylic acids is 1. The smallest absolute Gasteiger partial charge is 0.255 e. The van der Waals surface area contributed by atoms with Crippen molar-refractivity contribution in [3.63, 3.8) is 0 Å². The van der Waals surface area contributed by atoms with Crippen LogP contribution in [0.2, 0.25) is 0 Å². The van der Waals surface area contributed by atoms with E-state index in [9.17, 15) is 4.79 Å². The van der Waals surface area contributed by atoms with Crippen molar-refractivity contribution in [2.75, 3.05) is 5.32 Å². The third-order valence-corrected chi connectivity index (χ3v) is 3.88. The highest BCUT2D eigenvalue weighted by Crippen LogP contribution is 2.24. The molecular weight excluding hydrogens is 268 g/mol. The van der Waals surface area contributed by atoms with Gasteiger partial charge in [-0.15, -0.1) is 11.3 Å². The molecule has 0 aliphatic heterocycles. The Morgan fingerprint density at radius 1 is 1.10 bits per heavy atom. The number of fused-ring (bicyclic) bond motifs is 1. The van der Waals surface area contributed by atoms with Gasteiger partial charge in [0.05, 0.1) is 11.6 Å². The maximum atomic E-state index is 12.1. The van der Waals surface area contributed by atoms with Crippen molar-refractivity contribution in [2.45, 2.75) is 0 Å². The quantitative estimate of drug-likeness (QED) is 0.769. The Balaban J connectivity index is 1.82. The van der Waals surface area contributed by atoms with E-state index >= 15 is 0 Å². The molecule has 1 amide bonds. The number of hydrogen-bond donors (Lipinski definition) is 1. The predicted molar refractivity (Wildman–Crippen MR) is 80.9 cm³/mol. The van der Waals surface area contributed by atoms with Crippen LogP contribution in [0.25, 0.3) is 10.1 Å². The zero-order valence-corrected chi connectivity index (χ0v) is 11.3. The Bertz CT molecular complexity index is 812. The lowest BCUT2D eigenvalue weighted by Crippen LogP contribution is -2.11. The van der Waals surface area contributed by atoms with Gasteiger partial charge >= 0.3 is 0 Å². The molecule has 1 heterocycles. The second-order valence-corrected chi connectivity index (χ2v) is 5.26. The topological polar surface area (TPSA) is 52.9 Å². The molecule has 0 aliphatic rings. The highest BCUT2D eigenvalue weighted by atomic mass is 32.1. The molecule has 0 unspecified atom stereocenters. The largest absolute Gasteiger partial charge is 0.322 e. The summed E-state index contributed by atoms with van der Waals surface area (Å²) in [6.07, 6.45) is 0. The van der Waals surface area contributed by atoms with Crippen LogP contribution in [0.15, 0.2) is 53.9 Å². The van der Waals surface area contributed by atoms with Crippen molar-refractivity contribution in [1.82, 2.24) is 0 Å². The Hall–Kier alpha value is -2.64. The van der Waals surface area contributed by atoms with Gasteiger partial charge in [-0.1, -0.05) is 0 Å². The normalized spacial score (nSPS) is 10.2. The van der Waals surface area contributed by atoms with E-state index in [1.165, 1.54) is 4.70 Å². The van der Waals surface area contributed by atoms with E-state index in [4.69, 9.17) is 5.26 Å². The number of anilines is 1. The van der Waals surface area contributed by atoms with Crippen LogP contribution in [0.4, 0.5) is 5.69 Å². The van der Waals surface area contributed by atoms with Gasteiger partial charge in [0.15, 0.2) is 0 Å². The summed E-state index contributed by atoms with van der Waals surface area (Å²) >= 11 is 1.67. The lowest BCUT2D eigenvalue weighted by Gasteiger charge is -2.05. The summed E-state index contributed by atoms with van der Waals surface area (Å²) in [4.78, 5) is 12.1. The molecular formula is C16H10N2OS. The van der Waals surface area contributed by atoms with Gasteiger partial charge in [0.1, 0.15) is 0 Å². The lowest BCUT2D eigenvalue weighted by atomic mass is 10.1. The first-order valence-corrected chi connectivity index (χ1v) is 6.93. The number of nitrogens with one attached hydrogen (secondary N) is 1. The minimum absolute atomic E-state index is 0.177. The summed E-state index contributed by atoms with van der Waals surface area (Å²) in [5.41, 5.74) is 1.85. The van der Waals surface area contributed by atoms with Gasteiger partial charge in [0.25, 0.3) is 5.91 Å². The number of carbonyl (C=O) groups is 1. The zero-order chi connectivity index (χ0) is 13.9. The molecule has 0 radical (unpaired) electrons. The number of hydrogen-bond acceptors (Lipinski definition) is 3. The van der Waals surface area contributed by atoms with Gasteiger partial charge in [0, 0.05) is 16.0 Å². The lowest BCUT2D eigenvalue weighted by molar-refractivity contribution is 0.102. The Morgan fingerprint density at radius 2 is 1.90 bits per heavy atom. The third-order valence-electron chi connectivity index (χ3n) is 2.99.